The zero-order valence-electron chi connectivity index (χ0n) is 24.9. The molecule has 0 atom stereocenters. The third-order valence-corrected chi connectivity index (χ3v) is 8.75. The fraction of sp³-hybridized carbons (Fsp3) is 0.432. The number of ether oxygens (including phenoxy) is 1. The van der Waals surface area contributed by atoms with Gasteiger partial charge in [-0.3, -0.25) is 0 Å². The Balaban J connectivity index is 1.49. The van der Waals surface area contributed by atoms with E-state index < -0.39 is 0 Å². The summed E-state index contributed by atoms with van der Waals surface area (Å²) in [6.07, 6.45) is 11.1. The van der Waals surface area contributed by atoms with Gasteiger partial charge in [-0.25, -0.2) is 9.18 Å². The van der Waals surface area contributed by atoms with Crippen molar-refractivity contribution in [3.8, 4) is 22.3 Å². The predicted octanol–water partition coefficient (Wildman–Crippen LogP) is 9.56. The lowest BCUT2D eigenvalue weighted by Crippen LogP contribution is -2.15. The van der Waals surface area contributed by atoms with Gasteiger partial charge in [0.05, 0.1) is 0 Å². The van der Waals surface area contributed by atoms with Crippen LogP contribution >= 0.6 is 0 Å². The molecule has 1 fully saturated rings. The number of esters is 1. The van der Waals surface area contributed by atoms with Gasteiger partial charge in [-0.2, -0.15) is 0 Å². The minimum Gasteiger partial charge on any atom is -0.457 e. The minimum atomic E-state index is -0.283. The van der Waals surface area contributed by atoms with Crippen LogP contribution in [-0.4, -0.2) is 17.7 Å². The molecular weight excluding hydrogens is 511 g/mol. The van der Waals surface area contributed by atoms with Crippen LogP contribution in [0.25, 0.3) is 22.3 Å². The number of aliphatic hydroxyl groups is 1. The second-order valence-corrected chi connectivity index (χ2v) is 11.5. The largest absolute Gasteiger partial charge is 0.457 e. The van der Waals surface area contributed by atoms with Crippen LogP contribution in [0.5, 0.6) is 0 Å². The van der Waals surface area contributed by atoms with Crippen molar-refractivity contribution in [2.24, 2.45) is 5.92 Å². The Morgan fingerprint density at radius 3 is 2.15 bits per heavy atom. The number of hydrogen-bond acceptors (Lipinski definition) is 3. The van der Waals surface area contributed by atoms with Crippen LogP contribution in [-0.2, 0) is 22.6 Å². The van der Waals surface area contributed by atoms with Crippen LogP contribution in [0.3, 0.4) is 0 Å². The highest BCUT2D eigenvalue weighted by atomic mass is 19.1. The van der Waals surface area contributed by atoms with Crippen LogP contribution in [0.15, 0.2) is 72.3 Å². The highest BCUT2D eigenvalue weighted by Crippen LogP contribution is 2.39. The molecule has 0 unspecified atom stereocenters. The van der Waals surface area contributed by atoms with Gasteiger partial charge >= 0.3 is 5.97 Å². The minimum absolute atomic E-state index is 0.122. The van der Waals surface area contributed by atoms with Gasteiger partial charge in [-0.05, 0) is 122 Å². The van der Waals surface area contributed by atoms with Crippen molar-refractivity contribution >= 4 is 5.97 Å². The molecular formula is C37H45FO3. The third kappa shape index (κ3) is 8.16. The number of rotatable bonds is 12. The summed E-state index contributed by atoms with van der Waals surface area (Å²) in [6, 6.07) is 20.4. The number of aliphatic hydroxyl groups excluding tert-OH is 1. The average molecular weight is 557 g/mol. The molecule has 3 aromatic rings. The van der Waals surface area contributed by atoms with E-state index in [4.69, 9.17) is 4.74 Å². The SMILES string of the molecule is C/C=C(\C)C(=O)OCc1cc(-c2ccc(-c3ccc(C4CCC(CCO)CC4)c(F)c3)cc2)ccc1CCCCC. The fourth-order valence-electron chi connectivity index (χ4n) is 5.96. The number of hydrogen-bond donors (Lipinski definition) is 1. The quantitative estimate of drug-likeness (QED) is 0.137. The lowest BCUT2D eigenvalue weighted by Gasteiger charge is -2.28. The maximum absolute atomic E-state index is 15.2. The van der Waals surface area contributed by atoms with E-state index in [-0.39, 0.29) is 30.9 Å². The normalized spacial score (nSPS) is 17.4. The first-order valence-electron chi connectivity index (χ1n) is 15.4. The summed E-state index contributed by atoms with van der Waals surface area (Å²) >= 11 is 0. The molecule has 0 amide bonds. The van der Waals surface area contributed by atoms with E-state index in [9.17, 15) is 9.90 Å². The van der Waals surface area contributed by atoms with E-state index in [1.54, 1.807) is 19.1 Å². The van der Waals surface area contributed by atoms with Crippen molar-refractivity contribution in [3.63, 3.8) is 0 Å². The topological polar surface area (TPSA) is 46.5 Å². The van der Waals surface area contributed by atoms with E-state index in [0.717, 1.165) is 84.7 Å². The van der Waals surface area contributed by atoms with E-state index in [1.807, 2.05) is 31.2 Å². The number of benzene rings is 3. The first-order chi connectivity index (χ1) is 19.9. The number of unbranched alkanes of at least 4 members (excludes halogenated alkanes) is 2. The molecule has 3 nitrogen and oxygen atoms in total. The van der Waals surface area contributed by atoms with Crippen molar-refractivity contribution in [1.82, 2.24) is 0 Å². The Morgan fingerprint density at radius 2 is 1.54 bits per heavy atom. The molecule has 1 N–H and O–H groups in total. The molecule has 1 aliphatic carbocycles. The van der Waals surface area contributed by atoms with Gasteiger partial charge in [-0.15, -0.1) is 0 Å². The lowest BCUT2D eigenvalue weighted by molar-refractivity contribution is -0.140. The third-order valence-electron chi connectivity index (χ3n) is 8.75. The first-order valence-corrected chi connectivity index (χ1v) is 15.4. The van der Waals surface area contributed by atoms with E-state index in [0.29, 0.717) is 11.5 Å². The van der Waals surface area contributed by atoms with Crippen LogP contribution in [0, 0.1) is 11.7 Å². The first kappa shape index (κ1) is 30.7. The predicted molar refractivity (Wildman–Crippen MR) is 166 cm³/mol. The van der Waals surface area contributed by atoms with Gasteiger partial charge < -0.3 is 9.84 Å². The molecule has 0 bridgehead atoms. The summed E-state index contributed by atoms with van der Waals surface area (Å²) in [5.41, 5.74) is 7.71. The summed E-state index contributed by atoms with van der Waals surface area (Å²) < 4.78 is 20.8. The molecule has 4 rings (SSSR count). The Labute approximate surface area is 245 Å². The molecule has 4 heteroatoms. The molecule has 3 aromatic carbocycles. The van der Waals surface area contributed by atoms with Gasteiger partial charge in [0.25, 0.3) is 0 Å². The van der Waals surface area contributed by atoms with Crippen LogP contribution in [0.1, 0.15) is 94.7 Å². The molecule has 0 saturated heterocycles. The van der Waals surface area contributed by atoms with Crippen molar-refractivity contribution in [2.45, 2.75) is 91.1 Å². The molecule has 1 saturated carbocycles. The van der Waals surface area contributed by atoms with Gasteiger partial charge in [0.15, 0.2) is 0 Å². The Bertz CT molecular complexity index is 1320. The highest BCUT2D eigenvalue weighted by molar-refractivity contribution is 5.87. The summed E-state index contributed by atoms with van der Waals surface area (Å²) in [6.45, 7) is 6.31. The summed E-state index contributed by atoms with van der Waals surface area (Å²) in [5, 5.41) is 9.21. The summed E-state index contributed by atoms with van der Waals surface area (Å²) in [4.78, 5) is 12.3. The van der Waals surface area contributed by atoms with E-state index >= 15 is 4.39 Å². The second kappa shape index (κ2) is 15.1. The lowest BCUT2D eigenvalue weighted by atomic mass is 9.77. The maximum atomic E-state index is 15.2. The summed E-state index contributed by atoms with van der Waals surface area (Å²) in [5.74, 6) is 0.433. The number of halogens is 1. The fourth-order valence-corrected chi connectivity index (χ4v) is 5.96. The van der Waals surface area contributed by atoms with Crippen molar-refractivity contribution in [2.75, 3.05) is 6.61 Å². The van der Waals surface area contributed by atoms with Gasteiger partial charge in [0.2, 0.25) is 0 Å². The van der Waals surface area contributed by atoms with Crippen molar-refractivity contribution in [1.29, 1.82) is 0 Å². The van der Waals surface area contributed by atoms with E-state index in [1.165, 1.54) is 12.0 Å². The Kier molecular flexibility index (Phi) is 11.3. The maximum Gasteiger partial charge on any atom is 0.333 e. The Hall–Kier alpha value is -3.24. The number of carbonyl (C=O) groups is 1. The molecule has 0 radical (unpaired) electrons. The molecule has 218 valence electrons. The zero-order chi connectivity index (χ0) is 29.2. The Morgan fingerprint density at radius 1 is 0.902 bits per heavy atom. The number of carbonyl (C=O) groups excluding carboxylic acids is 1. The number of allylic oxidation sites excluding steroid dienone is 1. The summed E-state index contributed by atoms with van der Waals surface area (Å²) in [7, 11) is 0. The molecule has 0 aromatic heterocycles. The van der Waals surface area contributed by atoms with Gasteiger partial charge in [-0.1, -0.05) is 74.4 Å². The molecule has 0 aliphatic heterocycles. The monoisotopic (exact) mass is 556 g/mol. The van der Waals surface area contributed by atoms with Gasteiger partial charge in [0, 0.05) is 12.2 Å². The zero-order valence-corrected chi connectivity index (χ0v) is 24.9. The standard InChI is InChI=1S/C37H45FO3/c1-4-6-7-8-28-17-18-32(23-34(28)25-41-37(40)26(3)5-2)29-13-15-30(16-14-29)33-19-20-35(36(38)24-33)31-11-9-27(10-12-31)21-22-39/h5,13-20,23-24,27,31,39H,4,6-12,21-22,25H2,1-3H3/b26-5+. The average Bonchev–Trinajstić information content (AvgIpc) is 3.00. The van der Waals surface area contributed by atoms with Crippen LogP contribution in [0.2, 0.25) is 0 Å². The van der Waals surface area contributed by atoms with Crippen molar-refractivity contribution < 1.29 is 19.0 Å². The number of aryl methyl sites for hydroxylation is 1. The van der Waals surface area contributed by atoms with Crippen molar-refractivity contribution in [3.05, 3.63) is 94.8 Å². The van der Waals surface area contributed by atoms with Crippen LogP contribution < -0.4 is 0 Å². The smallest absolute Gasteiger partial charge is 0.333 e. The van der Waals surface area contributed by atoms with E-state index in [2.05, 4.69) is 37.3 Å². The molecule has 0 heterocycles. The molecule has 41 heavy (non-hydrogen) atoms. The van der Waals surface area contributed by atoms with Gasteiger partial charge in [0.1, 0.15) is 12.4 Å². The van der Waals surface area contributed by atoms with Crippen LogP contribution in [0.4, 0.5) is 4.39 Å². The molecule has 0 spiro atoms. The molecule has 1 aliphatic rings. The second-order valence-electron chi connectivity index (χ2n) is 11.5. The highest BCUT2D eigenvalue weighted by Gasteiger charge is 2.24.